The van der Waals surface area contributed by atoms with Gasteiger partial charge >= 0.3 is 5.97 Å². The largest absolute Gasteiger partial charge is 0.468 e. The van der Waals surface area contributed by atoms with Crippen LogP contribution in [0.4, 0.5) is 0 Å². The second-order valence-corrected chi connectivity index (χ2v) is 5.35. The van der Waals surface area contributed by atoms with Crippen LogP contribution >= 0.6 is 0 Å². The van der Waals surface area contributed by atoms with Crippen LogP contribution in [0.2, 0.25) is 0 Å². The highest BCUT2D eigenvalue weighted by molar-refractivity contribution is 5.75. The SMILES string of the molecule is COC(=O)C1CCCCN1Cc1nnnn1-c1ccccc1. The molecule has 0 amide bonds. The maximum atomic E-state index is 11.9. The lowest BCUT2D eigenvalue weighted by atomic mass is 10.0. The number of hydrogen-bond acceptors (Lipinski definition) is 6. The molecule has 0 spiro atoms. The molecule has 0 bridgehead atoms. The number of benzene rings is 1. The van der Waals surface area contributed by atoms with Crippen LogP contribution in [-0.2, 0) is 16.1 Å². The number of aromatic nitrogens is 4. The fourth-order valence-corrected chi connectivity index (χ4v) is 2.84. The molecule has 1 aliphatic rings. The number of tetrazole rings is 1. The predicted molar refractivity (Wildman–Crippen MR) is 79.2 cm³/mol. The van der Waals surface area contributed by atoms with Gasteiger partial charge in [-0.3, -0.25) is 9.69 Å². The van der Waals surface area contributed by atoms with Crippen molar-refractivity contribution in [2.75, 3.05) is 13.7 Å². The quantitative estimate of drug-likeness (QED) is 0.790. The molecule has 1 fully saturated rings. The number of para-hydroxylation sites is 1. The lowest BCUT2D eigenvalue weighted by Gasteiger charge is -2.33. The molecule has 116 valence electrons. The summed E-state index contributed by atoms with van der Waals surface area (Å²) in [6, 6.07) is 9.53. The maximum absolute atomic E-state index is 11.9. The molecule has 1 aliphatic heterocycles. The van der Waals surface area contributed by atoms with Crippen LogP contribution in [0.15, 0.2) is 30.3 Å². The Morgan fingerprint density at radius 1 is 1.32 bits per heavy atom. The van der Waals surface area contributed by atoms with E-state index in [0.717, 1.165) is 37.3 Å². The number of piperidine rings is 1. The van der Waals surface area contributed by atoms with Gasteiger partial charge in [0.1, 0.15) is 6.04 Å². The Hall–Kier alpha value is -2.28. The van der Waals surface area contributed by atoms with Gasteiger partial charge in [-0.1, -0.05) is 24.6 Å². The molecule has 1 saturated heterocycles. The minimum absolute atomic E-state index is 0.182. The standard InChI is InChI=1S/C15H19N5O2/c1-22-15(21)13-9-5-6-10-19(13)11-14-16-17-18-20(14)12-7-3-2-4-8-12/h2-4,7-8,13H,5-6,9-11H2,1H3. The van der Waals surface area contributed by atoms with Crippen molar-refractivity contribution in [1.82, 2.24) is 25.1 Å². The van der Waals surface area contributed by atoms with Gasteiger partial charge in [-0.15, -0.1) is 5.10 Å². The fraction of sp³-hybridized carbons (Fsp3) is 0.467. The monoisotopic (exact) mass is 301 g/mol. The Balaban J connectivity index is 1.81. The Kier molecular flexibility index (Phi) is 4.43. The maximum Gasteiger partial charge on any atom is 0.323 e. The molecule has 1 aromatic carbocycles. The summed E-state index contributed by atoms with van der Waals surface area (Å²) in [6.45, 7) is 1.38. The summed E-state index contributed by atoms with van der Waals surface area (Å²) >= 11 is 0. The zero-order valence-electron chi connectivity index (χ0n) is 12.6. The third-order valence-corrected chi connectivity index (χ3v) is 3.97. The molecule has 7 heteroatoms. The van der Waals surface area contributed by atoms with Gasteiger partial charge in [0, 0.05) is 0 Å². The van der Waals surface area contributed by atoms with Crippen molar-refractivity contribution in [1.29, 1.82) is 0 Å². The third kappa shape index (κ3) is 2.99. The second-order valence-electron chi connectivity index (χ2n) is 5.35. The van der Waals surface area contributed by atoms with Crippen molar-refractivity contribution in [3.63, 3.8) is 0 Å². The summed E-state index contributed by atoms with van der Waals surface area (Å²) in [5, 5.41) is 11.9. The number of carbonyl (C=O) groups is 1. The van der Waals surface area contributed by atoms with Gasteiger partial charge in [-0.25, -0.2) is 0 Å². The van der Waals surface area contributed by atoms with Crippen LogP contribution in [0, 0.1) is 0 Å². The van der Waals surface area contributed by atoms with E-state index in [4.69, 9.17) is 4.74 Å². The van der Waals surface area contributed by atoms with Crippen LogP contribution in [0.3, 0.4) is 0 Å². The van der Waals surface area contributed by atoms with E-state index in [1.165, 1.54) is 7.11 Å². The Bertz CT molecular complexity index is 628. The van der Waals surface area contributed by atoms with Gasteiger partial charge in [-0.05, 0) is 41.9 Å². The van der Waals surface area contributed by atoms with Crippen molar-refractivity contribution in [2.45, 2.75) is 31.8 Å². The zero-order chi connectivity index (χ0) is 15.4. The number of rotatable bonds is 4. The zero-order valence-corrected chi connectivity index (χ0v) is 12.6. The number of esters is 1. The Morgan fingerprint density at radius 2 is 2.14 bits per heavy atom. The van der Waals surface area contributed by atoms with Gasteiger partial charge < -0.3 is 4.74 Å². The Labute approximate surface area is 128 Å². The average molecular weight is 301 g/mol. The summed E-state index contributed by atoms with van der Waals surface area (Å²) < 4.78 is 6.63. The lowest BCUT2D eigenvalue weighted by Crippen LogP contribution is -2.45. The van der Waals surface area contributed by atoms with Gasteiger partial charge in [0.05, 0.1) is 19.3 Å². The van der Waals surface area contributed by atoms with E-state index in [1.54, 1.807) is 4.68 Å². The molecule has 1 atom stereocenters. The lowest BCUT2D eigenvalue weighted by molar-refractivity contribution is -0.148. The van der Waals surface area contributed by atoms with E-state index in [-0.39, 0.29) is 12.0 Å². The minimum Gasteiger partial charge on any atom is -0.468 e. The van der Waals surface area contributed by atoms with Crippen molar-refractivity contribution in [2.24, 2.45) is 0 Å². The molecule has 2 aromatic rings. The Morgan fingerprint density at radius 3 is 2.91 bits per heavy atom. The molecule has 1 unspecified atom stereocenters. The third-order valence-electron chi connectivity index (χ3n) is 3.97. The number of nitrogens with zero attached hydrogens (tertiary/aromatic N) is 5. The summed E-state index contributed by atoms with van der Waals surface area (Å²) in [5.74, 6) is 0.542. The number of methoxy groups -OCH3 is 1. The smallest absolute Gasteiger partial charge is 0.323 e. The van der Waals surface area contributed by atoms with Crippen LogP contribution in [-0.4, -0.2) is 50.8 Å². The molecule has 7 nitrogen and oxygen atoms in total. The molecule has 22 heavy (non-hydrogen) atoms. The van der Waals surface area contributed by atoms with Crippen LogP contribution in [0.1, 0.15) is 25.1 Å². The van der Waals surface area contributed by atoms with Gasteiger partial charge in [0.25, 0.3) is 0 Å². The van der Waals surface area contributed by atoms with E-state index in [2.05, 4.69) is 20.4 Å². The van der Waals surface area contributed by atoms with Crippen LogP contribution < -0.4 is 0 Å². The average Bonchev–Trinajstić information content (AvgIpc) is 3.03. The molecule has 0 radical (unpaired) electrons. The first-order valence-corrected chi connectivity index (χ1v) is 7.44. The van der Waals surface area contributed by atoms with Gasteiger partial charge in [0.15, 0.2) is 5.82 Å². The summed E-state index contributed by atoms with van der Waals surface area (Å²) in [7, 11) is 1.43. The first-order chi connectivity index (χ1) is 10.8. The molecule has 0 saturated carbocycles. The van der Waals surface area contributed by atoms with Crippen LogP contribution in [0.25, 0.3) is 5.69 Å². The molecule has 0 aliphatic carbocycles. The summed E-state index contributed by atoms with van der Waals surface area (Å²) in [4.78, 5) is 14.0. The van der Waals surface area contributed by atoms with Crippen molar-refractivity contribution in [3.8, 4) is 5.69 Å². The first kappa shape index (κ1) is 14.6. The molecular formula is C15H19N5O2. The highest BCUT2D eigenvalue weighted by Crippen LogP contribution is 2.20. The molecular weight excluding hydrogens is 282 g/mol. The number of ether oxygens (including phenoxy) is 1. The minimum atomic E-state index is -0.209. The topological polar surface area (TPSA) is 73.1 Å². The molecule has 3 rings (SSSR count). The second kappa shape index (κ2) is 6.65. The van der Waals surface area contributed by atoms with Gasteiger partial charge in [0.2, 0.25) is 0 Å². The normalized spacial score (nSPS) is 19.0. The van der Waals surface area contributed by atoms with E-state index in [1.807, 2.05) is 30.3 Å². The van der Waals surface area contributed by atoms with E-state index >= 15 is 0 Å². The van der Waals surface area contributed by atoms with E-state index < -0.39 is 0 Å². The fourth-order valence-electron chi connectivity index (χ4n) is 2.84. The highest BCUT2D eigenvalue weighted by atomic mass is 16.5. The van der Waals surface area contributed by atoms with E-state index in [9.17, 15) is 4.79 Å². The summed E-state index contributed by atoms with van der Waals surface area (Å²) in [5.41, 5.74) is 0.911. The highest BCUT2D eigenvalue weighted by Gasteiger charge is 2.30. The molecule has 1 aromatic heterocycles. The predicted octanol–water partition coefficient (Wildman–Crippen LogP) is 1.19. The van der Waals surface area contributed by atoms with Crippen molar-refractivity contribution < 1.29 is 9.53 Å². The molecule has 2 heterocycles. The number of hydrogen-bond donors (Lipinski definition) is 0. The van der Waals surface area contributed by atoms with Crippen molar-refractivity contribution >= 4 is 5.97 Å². The van der Waals surface area contributed by atoms with E-state index in [0.29, 0.717) is 6.54 Å². The van der Waals surface area contributed by atoms with Crippen molar-refractivity contribution in [3.05, 3.63) is 36.2 Å². The first-order valence-electron chi connectivity index (χ1n) is 7.44. The van der Waals surface area contributed by atoms with Gasteiger partial charge in [-0.2, -0.15) is 4.68 Å². The number of likely N-dealkylation sites (tertiary alicyclic amines) is 1. The van der Waals surface area contributed by atoms with Crippen LogP contribution in [0.5, 0.6) is 0 Å². The summed E-state index contributed by atoms with van der Waals surface area (Å²) in [6.07, 6.45) is 2.93. The number of carbonyl (C=O) groups excluding carboxylic acids is 1. The molecule has 0 N–H and O–H groups in total.